The third-order valence-electron chi connectivity index (χ3n) is 3.73. The highest BCUT2D eigenvalue weighted by molar-refractivity contribution is 5.37. The van der Waals surface area contributed by atoms with Crippen molar-refractivity contribution in [2.75, 3.05) is 10.7 Å². The largest absolute Gasteiger partial charge is 0.351 e. The maximum atomic E-state index is 5.44. The molecule has 2 atom stereocenters. The van der Waals surface area contributed by atoms with Crippen molar-refractivity contribution >= 4 is 11.9 Å². The monoisotopic (exact) mass is 288 g/mol. The van der Waals surface area contributed by atoms with Crippen LogP contribution in [0.2, 0.25) is 0 Å². The molecule has 2 aromatic rings. The van der Waals surface area contributed by atoms with Gasteiger partial charge in [-0.3, -0.25) is 5.43 Å². The van der Waals surface area contributed by atoms with E-state index in [0.717, 1.165) is 18.8 Å². The first kappa shape index (κ1) is 13.7. The molecule has 112 valence electrons. The van der Waals surface area contributed by atoms with Crippen LogP contribution in [0.4, 0.5) is 11.9 Å². The number of hydrazine groups is 1. The molecule has 1 aliphatic rings. The van der Waals surface area contributed by atoms with Crippen LogP contribution in [0.15, 0.2) is 18.5 Å². The predicted octanol–water partition coefficient (Wildman–Crippen LogP) is 1.33. The van der Waals surface area contributed by atoms with Crippen molar-refractivity contribution < 1.29 is 0 Å². The van der Waals surface area contributed by atoms with Crippen molar-refractivity contribution in [1.82, 2.24) is 24.7 Å². The molecule has 4 N–H and O–H groups in total. The molecule has 3 rings (SSSR count). The molecule has 1 fully saturated rings. The van der Waals surface area contributed by atoms with Crippen LogP contribution in [0.25, 0.3) is 5.95 Å². The van der Waals surface area contributed by atoms with Crippen molar-refractivity contribution in [2.24, 2.45) is 11.8 Å². The van der Waals surface area contributed by atoms with E-state index in [1.807, 2.05) is 6.07 Å². The van der Waals surface area contributed by atoms with Crippen LogP contribution in [0.5, 0.6) is 0 Å². The summed E-state index contributed by atoms with van der Waals surface area (Å²) < 4.78 is 1.58. The van der Waals surface area contributed by atoms with Gasteiger partial charge in [0.25, 0.3) is 5.95 Å². The molecule has 0 amide bonds. The van der Waals surface area contributed by atoms with Crippen LogP contribution in [-0.4, -0.2) is 30.8 Å². The Morgan fingerprint density at radius 1 is 1.24 bits per heavy atom. The van der Waals surface area contributed by atoms with Gasteiger partial charge in [-0.05, 0) is 24.8 Å². The van der Waals surface area contributed by atoms with Gasteiger partial charge in [0.1, 0.15) is 0 Å². The number of nitrogens with two attached hydrogens (primary N) is 1. The number of nitrogens with one attached hydrogen (secondary N) is 2. The smallest absolute Gasteiger partial charge is 0.257 e. The topological polar surface area (TPSA) is 107 Å². The van der Waals surface area contributed by atoms with Gasteiger partial charge < -0.3 is 5.32 Å². The van der Waals surface area contributed by atoms with Crippen LogP contribution in [-0.2, 0) is 0 Å². The standard InChI is InChI=1S/C13H20N8/c1-9-4-2-5-10(8-9)16-11-17-12(20-14)19-13(18-11)21-7-3-6-15-21/h3,6-7,9-10H,2,4-5,8,14H2,1H3,(H2,16,17,18,19,20). The lowest BCUT2D eigenvalue weighted by atomic mass is 9.87. The Morgan fingerprint density at radius 2 is 2.10 bits per heavy atom. The first-order valence-electron chi connectivity index (χ1n) is 7.24. The molecule has 0 spiro atoms. The zero-order valence-electron chi connectivity index (χ0n) is 12.0. The zero-order valence-corrected chi connectivity index (χ0v) is 12.0. The lowest BCUT2D eigenvalue weighted by Gasteiger charge is -2.27. The third kappa shape index (κ3) is 3.27. The molecule has 2 aromatic heterocycles. The highest BCUT2D eigenvalue weighted by Gasteiger charge is 2.20. The van der Waals surface area contributed by atoms with Crippen LogP contribution in [0.3, 0.4) is 0 Å². The van der Waals surface area contributed by atoms with Gasteiger partial charge in [-0.15, -0.1) is 0 Å². The van der Waals surface area contributed by atoms with Crippen molar-refractivity contribution in [2.45, 2.75) is 38.6 Å². The molecule has 2 unspecified atom stereocenters. The zero-order chi connectivity index (χ0) is 14.7. The SMILES string of the molecule is CC1CCCC(Nc2nc(NN)nc(-n3cccn3)n2)C1. The highest BCUT2D eigenvalue weighted by atomic mass is 15.4. The molecular formula is C13H20N8. The van der Waals surface area contributed by atoms with Crippen LogP contribution < -0.4 is 16.6 Å². The van der Waals surface area contributed by atoms with Crippen molar-refractivity contribution in [1.29, 1.82) is 0 Å². The van der Waals surface area contributed by atoms with E-state index >= 15 is 0 Å². The number of aromatic nitrogens is 5. The maximum Gasteiger partial charge on any atom is 0.257 e. The second kappa shape index (κ2) is 6.04. The van der Waals surface area contributed by atoms with Crippen molar-refractivity contribution in [3.63, 3.8) is 0 Å². The first-order chi connectivity index (χ1) is 10.2. The number of anilines is 2. The van der Waals surface area contributed by atoms with E-state index in [-0.39, 0.29) is 0 Å². The normalized spacial score (nSPS) is 22.0. The van der Waals surface area contributed by atoms with E-state index in [4.69, 9.17) is 5.84 Å². The lowest BCUT2D eigenvalue weighted by molar-refractivity contribution is 0.357. The summed E-state index contributed by atoms with van der Waals surface area (Å²) in [6.45, 7) is 2.28. The fourth-order valence-corrected chi connectivity index (χ4v) is 2.73. The molecule has 0 saturated heterocycles. The summed E-state index contributed by atoms with van der Waals surface area (Å²) in [4.78, 5) is 12.9. The van der Waals surface area contributed by atoms with Gasteiger partial charge in [-0.25, -0.2) is 10.5 Å². The Kier molecular flexibility index (Phi) is 3.96. The van der Waals surface area contributed by atoms with Crippen LogP contribution in [0.1, 0.15) is 32.6 Å². The number of hydrogen-bond acceptors (Lipinski definition) is 7. The Hall–Kier alpha value is -2.22. The second-order valence-corrected chi connectivity index (χ2v) is 5.49. The summed E-state index contributed by atoms with van der Waals surface area (Å²) in [6, 6.07) is 2.21. The summed E-state index contributed by atoms with van der Waals surface area (Å²) in [6.07, 6.45) is 8.26. The van der Waals surface area contributed by atoms with E-state index < -0.39 is 0 Å². The maximum absolute atomic E-state index is 5.44. The second-order valence-electron chi connectivity index (χ2n) is 5.49. The number of nitrogen functional groups attached to an aromatic ring is 1. The summed E-state index contributed by atoms with van der Waals surface area (Å²) >= 11 is 0. The van der Waals surface area contributed by atoms with Gasteiger partial charge >= 0.3 is 0 Å². The molecule has 8 nitrogen and oxygen atoms in total. The number of hydrogen-bond donors (Lipinski definition) is 3. The molecule has 0 aromatic carbocycles. The molecule has 1 saturated carbocycles. The summed E-state index contributed by atoms with van der Waals surface area (Å²) in [5.41, 5.74) is 2.47. The average molecular weight is 288 g/mol. The van der Waals surface area contributed by atoms with E-state index in [1.165, 1.54) is 12.8 Å². The van der Waals surface area contributed by atoms with Crippen LogP contribution in [0, 0.1) is 5.92 Å². The fourth-order valence-electron chi connectivity index (χ4n) is 2.73. The fraction of sp³-hybridized carbons (Fsp3) is 0.538. The first-order valence-corrected chi connectivity index (χ1v) is 7.24. The number of rotatable bonds is 4. The van der Waals surface area contributed by atoms with Crippen molar-refractivity contribution in [3.05, 3.63) is 18.5 Å². The Morgan fingerprint density at radius 3 is 2.81 bits per heavy atom. The highest BCUT2D eigenvalue weighted by Crippen LogP contribution is 2.25. The molecule has 21 heavy (non-hydrogen) atoms. The van der Waals surface area contributed by atoms with Gasteiger partial charge in [0, 0.05) is 18.4 Å². The molecule has 2 heterocycles. The molecule has 1 aliphatic carbocycles. The molecule has 0 radical (unpaired) electrons. The van der Waals surface area contributed by atoms with Crippen molar-refractivity contribution in [3.8, 4) is 5.95 Å². The van der Waals surface area contributed by atoms with E-state index in [9.17, 15) is 0 Å². The van der Waals surface area contributed by atoms with Gasteiger partial charge in [0.2, 0.25) is 11.9 Å². The molecule has 8 heteroatoms. The van der Waals surface area contributed by atoms with Gasteiger partial charge in [0.15, 0.2) is 0 Å². The van der Waals surface area contributed by atoms with Crippen LogP contribution >= 0.6 is 0 Å². The summed E-state index contributed by atoms with van der Waals surface area (Å²) in [7, 11) is 0. The molecule has 0 aliphatic heterocycles. The average Bonchev–Trinajstić information content (AvgIpc) is 3.01. The Bertz CT molecular complexity index is 582. The molecule has 0 bridgehead atoms. The van der Waals surface area contributed by atoms with Gasteiger partial charge in [0.05, 0.1) is 0 Å². The minimum absolute atomic E-state index is 0.321. The lowest BCUT2D eigenvalue weighted by Crippen LogP contribution is -2.28. The van der Waals surface area contributed by atoms with Gasteiger partial charge in [-0.2, -0.15) is 20.1 Å². The molecular weight excluding hydrogens is 268 g/mol. The Balaban J connectivity index is 1.82. The third-order valence-corrected chi connectivity index (χ3v) is 3.73. The quantitative estimate of drug-likeness (QED) is 0.575. The number of nitrogens with zero attached hydrogens (tertiary/aromatic N) is 5. The summed E-state index contributed by atoms with van der Waals surface area (Å²) in [5.74, 6) is 7.46. The Labute approximate surface area is 123 Å². The van der Waals surface area contributed by atoms with E-state index in [2.05, 4.69) is 37.7 Å². The summed E-state index contributed by atoms with van der Waals surface area (Å²) in [5, 5.41) is 7.52. The minimum Gasteiger partial charge on any atom is -0.351 e. The minimum atomic E-state index is 0.321. The van der Waals surface area contributed by atoms with E-state index in [1.54, 1.807) is 17.1 Å². The van der Waals surface area contributed by atoms with Gasteiger partial charge in [-0.1, -0.05) is 19.8 Å². The predicted molar refractivity (Wildman–Crippen MR) is 79.8 cm³/mol. The van der Waals surface area contributed by atoms with E-state index in [0.29, 0.717) is 23.9 Å².